The van der Waals surface area contributed by atoms with Gasteiger partial charge < -0.3 is 10.4 Å². The lowest BCUT2D eigenvalue weighted by Gasteiger charge is -2.18. The summed E-state index contributed by atoms with van der Waals surface area (Å²) < 4.78 is 1.08. The molecule has 0 aliphatic carbocycles. The van der Waals surface area contributed by atoms with Crippen LogP contribution in [0.3, 0.4) is 0 Å². The van der Waals surface area contributed by atoms with Crippen LogP contribution in [0.15, 0.2) is 28.7 Å². The zero-order valence-corrected chi connectivity index (χ0v) is 10.1. The highest BCUT2D eigenvalue weighted by Crippen LogP contribution is 2.17. The Morgan fingerprint density at radius 2 is 2.14 bits per heavy atom. The third-order valence-corrected chi connectivity index (χ3v) is 2.65. The number of hydrogen-bond acceptors (Lipinski definition) is 2. The van der Waals surface area contributed by atoms with E-state index in [2.05, 4.69) is 40.3 Å². The highest BCUT2D eigenvalue weighted by atomic mass is 79.9. The van der Waals surface area contributed by atoms with E-state index >= 15 is 0 Å². The number of hydrogen-bond donors (Lipinski definition) is 2. The fourth-order valence-corrected chi connectivity index (χ4v) is 1.77. The van der Waals surface area contributed by atoms with Crippen molar-refractivity contribution in [3.63, 3.8) is 0 Å². The summed E-state index contributed by atoms with van der Waals surface area (Å²) in [6, 6.07) is 8.57. The number of benzene rings is 1. The van der Waals surface area contributed by atoms with Gasteiger partial charge in [0.15, 0.2) is 0 Å². The van der Waals surface area contributed by atoms with E-state index in [1.807, 2.05) is 19.1 Å². The second kappa shape index (κ2) is 5.49. The summed E-state index contributed by atoms with van der Waals surface area (Å²) in [5, 5.41) is 12.2. The summed E-state index contributed by atoms with van der Waals surface area (Å²) in [4.78, 5) is 0. The Morgan fingerprint density at radius 3 is 2.71 bits per heavy atom. The average Bonchev–Trinajstić information content (AvgIpc) is 2.17. The van der Waals surface area contributed by atoms with Gasteiger partial charge in [-0.25, -0.2) is 0 Å². The van der Waals surface area contributed by atoms with Crippen LogP contribution in [0.2, 0.25) is 0 Å². The third-order valence-electron chi connectivity index (χ3n) is 2.16. The topological polar surface area (TPSA) is 32.3 Å². The number of rotatable bonds is 4. The van der Waals surface area contributed by atoms with E-state index in [1.165, 1.54) is 5.56 Å². The van der Waals surface area contributed by atoms with Crippen molar-refractivity contribution in [3.8, 4) is 0 Å². The molecule has 0 saturated heterocycles. The van der Waals surface area contributed by atoms with Crippen molar-refractivity contribution in [1.29, 1.82) is 0 Å². The SMILES string of the molecule is CC(CO)NC(C)c1cccc(Br)c1. The molecule has 0 heterocycles. The minimum atomic E-state index is 0.129. The molecule has 3 heteroatoms. The molecule has 78 valence electrons. The summed E-state index contributed by atoms with van der Waals surface area (Å²) >= 11 is 3.44. The normalized spacial score (nSPS) is 15.1. The summed E-state index contributed by atoms with van der Waals surface area (Å²) in [6.45, 7) is 4.22. The first-order valence-corrected chi connectivity index (χ1v) is 5.55. The molecule has 14 heavy (non-hydrogen) atoms. The number of nitrogens with one attached hydrogen (secondary N) is 1. The largest absolute Gasteiger partial charge is 0.395 e. The lowest BCUT2D eigenvalue weighted by molar-refractivity contribution is 0.243. The quantitative estimate of drug-likeness (QED) is 0.869. The smallest absolute Gasteiger partial charge is 0.0582 e. The van der Waals surface area contributed by atoms with Crippen molar-refractivity contribution in [2.24, 2.45) is 0 Å². The van der Waals surface area contributed by atoms with Crippen molar-refractivity contribution < 1.29 is 5.11 Å². The molecule has 0 radical (unpaired) electrons. The fourth-order valence-electron chi connectivity index (χ4n) is 1.35. The maximum Gasteiger partial charge on any atom is 0.0582 e. The van der Waals surface area contributed by atoms with E-state index in [9.17, 15) is 0 Å². The molecule has 1 rings (SSSR count). The molecule has 1 aromatic rings. The first-order chi connectivity index (χ1) is 6.63. The van der Waals surface area contributed by atoms with Gasteiger partial charge in [-0.15, -0.1) is 0 Å². The number of aliphatic hydroxyl groups excluding tert-OH is 1. The Labute approximate surface area is 93.5 Å². The zero-order valence-electron chi connectivity index (χ0n) is 8.50. The van der Waals surface area contributed by atoms with Gasteiger partial charge in [-0.2, -0.15) is 0 Å². The minimum absolute atomic E-state index is 0.129. The van der Waals surface area contributed by atoms with Gasteiger partial charge in [0.1, 0.15) is 0 Å². The van der Waals surface area contributed by atoms with E-state index < -0.39 is 0 Å². The van der Waals surface area contributed by atoms with E-state index in [1.54, 1.807) is 0 Å². The monoisotopic (exact) mass is 257 g/mol. The number of halogens is 1. The summed E-state index contributed by atoms with van der Waals surface area (Å²) in [5.41, 5.74) is 1.22. The van der Waals surface area contributed by atoms with Gasteiger partial charge in [-0.1, -0.05) is 28.1 Å². The van der Waals surface area contributed by atoms with Crippen LogP contribution in [0.25, 0.3) is 0 Å². The van der Waals surface area contributed by atoms with Gasteiger partial charge in [-0.3, -0.25) is 0 Å². The molecular formula is C11H16BrNO. The first kappa shape index (κ1) is 11.7. The molecule has 0 spiro atoms. The second-order valence-electron chi connectivity index (χ2n) is 3.53. The van der Waals surface area contributed by atoms with Gasteiger partial charge in [0.2, 0.25) is 0 Å². The van der Waals surface area contributed by atoms with Crippen LogP contribution in [0.4, 0.5) is 0 Å². The molecule has 1 aromatic carbocycles. The lowest BCUT2D eigenvalue weighted by atomic mass is 10.1. The number of aliphatic hydroxyl groups is 1. The Bertz CT molecular complexity index is 290. The van der Waals surface area contributed by atoms with Crippen molar-refractivity contribution >= 4 is 15.9 Å². The molecule has 2 N–H and O–H groups in total. The van der Waals surface area contributed by atoms with Gasteiger partial charge >= 0.3 is 0 Å². The summed E-state index contributed by atoms with van der Waals surface area (Å²) in [7, 11) is 0. The highest BCUT2D eigenvalue weighted by molar-refractivity contribution is 9.10. The summed E-state index contributed by atoms with van der Waals surface area (Å²) in [5.74, 6) is 0. The fraction of sp³-hybridized carbons (Fsp3) is 0.455. The van der Waals surface area contributed by atoms with Gasteiger partial charge in [-0.05, 0) is 31.5 Å². The molecular weight excluding hydrogens is 242 g/mol. The standard InChI is InChI=1S/C11H16BrNO/c1-8(7-14)13-9(2)10-4-3-5-11(12)6-10/h3-6,8-9,13-14H,7H2,1-2H3. The van der Waals surface area contributed by atoms with Crippen LogP contribution < -0.4 is 5.32 Å². The molecule has 0 amide bonds. The van der Waals surface area contributed by atoms with Crippen LogP contribution in [0.5, 0.6) is 0 Å². The minimum Gasteiger partial charge on any atom is -0.395 e. The highest BCUT2D eigenvalue weighted by Gasteiger charge is 2.08. The van der Waals surface area contributed by atoms with Crippen LogP contribution in [0, 0.1) is 0 Å². The zero-order chi connectivity index (χ0) is 10.6. The molecule has 0 fully saturated rings. The Kier molecular flexibility index (Phi) is 4.58. The van der Waals surface area contributed by atoms with Crippen LogP contribution in [0.1, 0.15) is 25.5 Å². The molecule has 0 aromatic heterocycles. The molecule has 2 unspecified atom stereocenters. The van der Waals surface area contributed by atoms with Crippen molar-refractivity contribution in [1.82, 2.24) is 5.32 Å². The molecule has 0 aliphatic rings. The average molecular weight is 258 g/mol. The van der Waals surface area contributed by atoms with Crippen LogP contribution >= 0.6 is 15.9 Å². The predicted molar refractivity (Wildman–Crippen MR) is 62.2 cm³/mol. The maximum atomic E-state index is 8.91. The first-order valence-electron chi connectivity index (χ1n) is 4.76. The lowest BCUT2D eigenvalue weighted by Crippen LogP contribution is -2.31. The van der Waals surface area contributed by atoms with E-state index in [-0.39, 0.29) is 18.7 Å². The summed E-state index contributed by atoms with van der Waals surface area (Å²) in [6.07, 6.45) is 0. The Morgan fingerprint density at radius 1 is 1.43 bits per heavy atom. The Hall–Kier alpha value is -0.380. The Balaban J connectivity index is 2.64. The predicted octanol–water partition coefficient (Wildman–Crippen LogP) is 2.48. The second-order valence-corrected chi connectivity index (χ2v) is 4.44. The van der Waals surface area contributed by atoms with Crippen LogP contribution in [-0.2, 0) is 0 Å². The van der Waals surface area contributed by atoms with Crippen molar-refractivity contribution in [2.45, 2.75) is 25.9 Å². The molecule has 0 aliphatic heterocycles. The third kappa shape index (κ3) is 3.40. The van der Waals surface area contributed by atoms with E-state index in [4.69, 9.17) is 5.11 Å². The van der Waals surface area contributed by atoms with Crippen molar-refractivity contribution in [2.75, 3.05) is 6.61 Å². The molecule has 2 nitrogen and oxygen atoms in total. The van der Waals surface area contributed by atoms with Gasteiger partial charge in [0, 0.05) is 16.6 Å². The van der Waals surface area contributed by atoms with Crippen molar-refractivity contribution in [3.05, 3.63) is 34.3 Å². The van der Waals surface area contributed by atoms with E-state index in [0.29, 0.717) is 0 Å². The maximum absolute atomic E-state index is 8.91. The molecule has 2 atom stereocenters. The molecule has 0 bridgehead atoms. The van der Waals surface area contributed by atoms with E-state index in [0.717, 1.165) is 4.47 Å². The van der Waals surface area contributed by atoms with Gasteiger partial charge in [0.25, 0.3) is 0 Å². The molecule has 0 saturated carbocycles. The van der Waals surface area contributed by atoms with Gasteiger partial charge in [0.05, 0.1) is 6.61 Å². The van der Waals surface area contributed by atoms with Crippen LogP contribution in [-0.4, -0.2) is 17.8 Å².